The molecule has 2 aromatic heterocycles. The summed E-state index contributed by atoms with van der Waals surface area (Å²) in [6.07, 6.45) is 3.85. The number of carbonyl (C=O) groups excluding carboxylic acids is 1. The fourth-order valence-corrected chi connectivity index (χ4v) is 5.20. The average molecular weight is 562 g/mol. The highest BCUT2D eigenvalue weighted by Gasteiger charge is 2.42. The fraction of sp³-hybridized carbons (Fsp3) is 0.148. The molecule has 0 unspecified atom stereocenters. The molecule has 1 aliphatic rings. The Labute approximate surface area is 223 Å². The van der Waals surface area contributed by atoms with Crippen LogP contribution in [0.1, 0.15) is 23.5 Å². The number of amides is 1. The van der Waals surface area contributed by atoms with Crippen molar-refractivity contribution >= 4 is 50.5 Å². The van der Waals surface area contributed by atoms with Gasteiger partial charge in [-0.15, -0.1) is 0 Å². The van der Waals surface area contributed by atoms with Gasteiger partial charge in [-0.25, -0.2) is 0 Å². The zero-order valence-corrected chi connectivity index (χ0v) is 21.9. The van der Waals surface area contributed by atoms with Gasteiger partial charge in [0.2, 0.25) is 5.91 Å². The van der Waals surface area contributed by atoms with Crippen LogP contribution < -0.4 is 15.5 Å². The van der Waals surface area contributed by atoms with E-state index in [0.29, 0.717) is 10.8 Å². The van der Waals surface area contributed by atoms with Crippen LogP contribution in [0.4, 0.5) is 11.4 Å². The van der Waals surface area contributed by atoms with Crippen molar-refractivity contribution in [2.45, 2.75) is 12.1 Å². The molecule has 7 nitrogen and oxygen atoms in total. The highest BCUT2D eigenvalue weighted by atomic mass is 79.9. The lowest BCUT2D eigenvalue weighted by atomic mass is 10.0. The van der Waals surface area contributed by atoms with Gasteiger partial charge >= 0.3 is 0 Å². The van der Waals surface area contributed by atoms with Gasteiger partial charge in [-0.3, -0.25) is 9.78 Å². The summed E-state index contributed by atoms with van der Waals surface area (Å²) in [5.74, 6) is -0.205. The monoisotopic (exact) mass is 561 g/mol. The Kier molecular flexibility index (Phi) is 7.13. The van der Waals surface area contributed by atoms with Gasteiger partial charge in [-0.2, -0.15) is 0 Å². The van der Waals surface area contributed by atoms with Gasteiger partial charge in [0, 0.05) is 46.7 Å². The summed E-state index contributed by atoms with van der Waals surface area (Å²) in [6.45, 7) is 0.00228. The van der Waals surface area contributed by atoms with Crippen molar-refractivity contribution < 1.29 is 9.53 Å². The number of nitrogens with zero attached hydrogens (tertiary/aromatic N) is 3. The molecule has 0 bridgehead atoms. The molecule has 1 saturated heterocycles. The Morgan fingerprint density at radius 1 is 1.08 bits per heavy atom. The van der Waals surface area contributed by atoms with Crippen molar-refractivity contribution in [3.8, 4) is 5.69 Å². The average Bonchev–Trinajstić information content (AvgIpc) is 3.49. The van der Waals surface area contributed by atoms with Crippen molar-refractivity contribution in [1.29, 1.82) is 0 Å². The molecule has 0 saturated carbocycles. The number of aromatic nitrogens is 2. The van der Waals surface area contributed by atoms with Crippen LogP contribution in [0, 0.1) is 0 Å². The van der Waals surface area contributed by atoms with E-state index in [2.05, 4.69) is 65.4 Å². The second-order valence-corrected chi connectivity index (χ2v) is 9.61. The third kappa shape index (κ3) is 4.90. The fourth-order valence-electron chi connectivity index (χ4n) is 4.46. The highest BCUT2D eigenvalue weighted by molar-refractivity contribution is 9.10. The second-order valence-electron chi connectivity index (χ2n) is 8.31. The number of benzene rings is 2. The van der Waals surface area contributed by atoms with Gasteiger partial charge in [0.05, 0.1) is 11.7 Å². The molecule has 9 heteroatoms. The zero-order chi connectivity index (χ0) is 25.1. The smallest absolute Gasteiger partial charge is 0.250 e. The number of hydrogen-bond donors (Lipinski definition) is 2. The minimum absolute atomic E-state index is 0.00228. The molecule has 182 valence electrons. The van der Waals surface area contributed by atoms with Crippen LogP contribution in [-0.2, 0) is 9.53 Å². The first-order valence-electron chi connectivity index (χ1n) is 11.4. The van der Waals surface area contributed by atoms with Gasteiger partial charge in [0.25, 0.3) is 0 Å². The van der Waals surface area contributed by atoms with Gasteiger partial charge in [-0.1, -0.05) is 28.1 Å². The van der Waals surface area contributed by atoms with E-state index in [9.17, 15) is 4.79 Å². The van der Waals surface area contributed by atoms with Crippen molar-refractivity contribution in [3.63, 3.8) is 0 Å². The Balaban J connectivity index is 1.56. The molecule has 1 fully saturated rings. The van der Waals surface area contributed by atoms with Crippen LogP contribution in [0.5, 0.6) is 0 Å². The minimum atomic E-state index is -0.205. The molecule has 2 aromatic carbocycles. The molecule has 4 aromatic rings. The Bertz CT molecular complexity index is 1380. The van der Waals surface area contributed by atoms with Gasteiger partial charge in [0.1, 0.15) is 12.6 Å². The number of thiocarbonyl (C=S) groups is 1. The predicted molar refractivity (Wildman–Crippen MR) is 148 cm³/mol. The topological polar surface area (TPSA) is 71.4 Å². The summed E-state index contributed by atoms with van der Waals surface area (Å²) in [7, 11) is 1.49. The molecule has 0 aliphatic carbocycles. The maximum Gasteiger partial charge on any atom is 0.250 e. The molecule has 5 rings (SSSR count). The lowest BCUT2D eigenvalue weighted by Crippen LogP contribution is -2.30. The number of nitrogens with one attached hydrogen (secondary N) is 2. The summed E-state index contributed by atoms with van der Waals surface area (Å²) < 4.78 is 8.08. The predicted octanol–water partition coefficient (Wildman–Crippen LogP) is 5.40. The number of halogens is 1. The SMILES string of the molecule is COCC(=O)Nc1ccc(N2C(=S)N[C@H](c3ccccn3)[C@@H]2c2cccn2-c2cccc(Br)c2)cc1. The van der Waals surface area contributed by atoms with Crippen LogP contribution in [0.2, 0.25) is 0 Å². The first-order chi connectivity index (χ1) is 17.5. The molecule has 3 heterocycles. The summed E-state index contributed by atoms with van der Waals surface area (Å²) >= 11 is 9.44. The minimum Gasteiger partial charge on any atom is -0.375 e. The van der Waals surface area contributed by atoms with E-state index in [4.69, 9.17) is 17.0 Å². The van der Waals surface area contributed by atoms with E-state index in [1.165, 1.54) is 7.11 Å². The Morgan fingerprint density at radius 3 is 2.64 bits per heavy atom. The summed E-state index contributed by atoms with van der Waals surface area (Å²) in [5, 5.41) is 6.93. The molecule has 2 atom stereocenters. The van der Waals surface area contributed by atoms with Crippen LogP contribution in [0.3, 0.4) is 0 Å². The normalized spacial score (nSPS) is 17.2. The van der Waals surface area contributed by atoms with E-state index in [1.807, 2.05) is 60.7 Å². The lowest BCUT2D eigenvalue weighted by Gasteiger charge is -2.29. The van der Waals surface area contributed by atoms with Gasteiger partial charge in [-0.05, 0) is 78.9 Å². The molecule has 2 N–H and O–H groups in total. The largest absolute Gasteiger partial charge is 0.375 e. The maximum atomic E-state index is 11.9. The molecule has 1 amide bonds. The molecular weight excluding hydrogens is 538 g/mol. The molecule has 0 spiro atoms. The number of carbonyl (C=O) groups is 1. The lowest BCUT2D eigenvalue weighted by molar-refractivity contribution is -0.119. The maximum absolute atomic E-state index is 11.9. The molecular formula is C27H24BrN5O2S. The summed E-state index contributed by atoms with van der Waals surface area (Å²) in [6, 6.07) is 25.6. The highest BCUT2D eigenvalue weighted by Crippen LogP contribution is 2.42. The van der Waals surface area contributed by atoms with E-state index in [0.717, 1.165) is 27.2 Å². The van der Waals surface area contributed by atoms with E-state index in [-0.39, 0.29) is 24.6 Å². The zero-order valence-electron chi connectivity index (χ0n) is 19.5. The number of hydrogen-bond acceptors (Lipinski definition) is 4. The van der Waals surface area contributed by atoms with Crippen molar-refractivity contribution in [3.05, 3.63) is 107 Å². The van der Waals surface area contributed by atoms with E-state index >= 15 is 0 Å². The molecule has 0 radical (unpaired) electrons. The first kappa shape index (κ1) is 24.2. The number of pyridine rings is 1. The third-order valence-corrected chi connectivity index (χ3v) is 6.78. The standard InChI is InChI=1S/C27H24BrN5O2S/c1-35-17-24(34)30-19-10-12-20(13-11-19)33-26(25(31-27(33)36)22-8-2-3-14-29-22)23-9-5-15-32(23)21-7-4-6-18(28)16-21/h2-16,25-26H,17H2,1H3,(H,30,34)(H,31,36)/t25-,26+/m1/s1. The quantitative estimate of drug-likeness (QED) is 0.294. The number of ether oxygens (including phenoxy) is 1. The summed E-state index contributed by atoms with van der Waals surface area (Å²) in [4.78, 5) is 18.7. The van der Waals surface area contributed by atoms with Gasteiger partial charge < -0.3 is 24.8 Å². The van der Waals surface area contributed by atoms with E-state index < -0.39 is 0 Å². The number of anilines is 2. The third-order valence-electron chi connectivity index (χ3n) is 5.97. The van der Waals surface area contributed by atoms with Crippen LogP contribution in [0.25, 0.3) is 5.69 Å². The Hall–Kier alpha value is -3.53. The summed E-state index contributed by atoms with van der Waals surface area (Å²) in [5.41, 5.74) is 4.60. The molecule has 1 aliphatic heterocycles. The first-order valence-corrected chi connectivity index (χ1v) is 12.6. The number of rotatable bonds is 7. The molecule has 36 heavy (non-hydrogen) atoms. The van der Waals surface area contributed by atoms with Crippen LogP contribution in [-0.4, -0.2) is 34.3 Å². The van der Waals surface area contributed by atoms with Crippen molar-refractivity contribution in [1.82, 2.24) is 14.9 Å². The number of methoxy groups -OCH3 is 1. The second kappa shape index (κ2) is 10.6. The van der Waals surface area contributed by atoms with Crippen LogP contribution in [0.15, 0.2) is 95.7 Å². The Morgan fingerprint density at radius 2 is 1.92 bits per heavy atom. The van der Waals surface area contributed by atoms with Crippen LogP contribution >= 0.6 is 28.1 Å². The van der Waals surface area contributed by atoms with Crippen molar-refractivity contribution in [2.75, 3.05) is 23.9 Å². The van der Waals surface area contributed by atoms with E-state index in [1.54, 1.807) is 6.20 Å². The van der Waals surface area contributed by atoms with Crippen molar-refractivity contribution in [2.24, 2.45) is 0 Å². The van der Waals surface area contributed by atoms with Gasteiger partial charge in [0.15, 0.2) is 5.11 Å².